The fourth-order valence-electron chi connectivity index (χ4n) is 3.67. The first kappa shape index (κ1) is 17.3. The molecule has 26 heavy (non-hydrogen) atoms. The van der Waals surface area contributed by atoms with Crippen LogP contribution in [-0.4, -0.2) is 56.8 Å². The number of nitrogens with zero attached hydrogens (tertiary/aromatic N) is 5. The Morgan fingerprint density at radius 1 is 1.27 bits per heavy atom. The van der Waals surface area contributed by atoms with E-state index >= 15 is 0 Å². The van der Waals surface area contributed by atoms with Crippen molar-refractivity contribution in [2.75, 3.05) is 20.1 Å². The molecule has 0 radical (unpaired) electrons. The largest absolute Gasteiger partial charge is 0.361 e. The van der Waals surface area contributed by atoms with E-state index in [0.717, 1.165) is 49.6 Å². The molecule has 1 aliphatic heterocycles. The molecule has 1 saturated carbocycles. The number of hydrogen-bond donors (Lipinski definition) is 0. The second kappa shape index (κ2) is 6.87. The van der Waals surface area contributed by atoms with Gasteiger partial charge in [-0.15, -0.1) is 0 Å². The molecule has 2 fully saturated rings. The number of carbonyl (C=O) groups is 1. The Kier molecular flexibility index (Phi) is 4.56. The Hall–Kier alpha value is -2.15. The molecule has 0 atom stereocenters. The van der Waals surface area contributed by atoms with Crippen LogP contribution in [-0.2, 0) is 13.6 Å². The molecule has 0 spiro atoms. The molecule has 1 aliphatic carbocycles. The van der Waals surface area contributed by atoms with Crippen LogP contribution in [0.5, 0.6) is 0 Å². The van der Waals surface area contributed by atoms with Gasteiger partial charge >= 0.3 is 0 Å². The van der Waals surface area contributed by atoms with Crippen molar-refractivity contribution in [2.24, 2.45) is 7.05 Å². The van der Waals surface area contributed by atoms with Crippen LogP contribution in [0.4, 0.5) is 0 Å². The molecule has 0 unspecified atom stereocenters. The van der Waals surface area contributed by atoms with Gasteiger partial charge < -0.3 is 9.42 Å². The summed E-state index contributed by atoms with van der Waals surface area (Å²) in [5.41, 5.74) is 2.55. The second-order valence-corrected chi connectivity index (χ2v) is 7.71. The fraction of sp³-hybridized carbons (Fsp3) is 0.632. The minimum absolute atomic E-state index is 0.0118. The highest BCUT2D eigenvalue weighted by atomic mass is 16.5. The summed E-state index contributed by atoms with van der Waals surface area (Å²) in [6, 6.07) is 4.24. The van der Waals surface area contributed by atoms with Gasteiger partial charge in [-0.2, -0.15) is 5.10 Å². The number of amides is 1. The Balaban J connectivity index is 1.30. The number of aromatic nitrogens is 3. The normalized spacial score (nSPS) is 19.0. The van der Waals surface area contributed by atoms with E-state index in [2.05, 4.69) is 21.2 Å². The fourth-order valence-corrected chi connectivity index (χ4v) is 3.67. The molecule has 3 heterocycles. The Labute approximate surface area is 153 Å². The van der Waals surface area contributed by atoms with Gasteiger partial charge in [0.2, 0.25) is 0 Å². The molecule has 2 aromatic rings. The molecular formula is C19H27N5O2. The maximum atomic E-state index is 12.7. The molecule has 140 valence electrons. The van der Waals surface area contributed by atoms with E-state index in [-0.39, 0.29) is 11.9 Å². The van der Waals surface area contributed by atoms with Gasteiger partial charge in [-0.1, -0.05) is 5.16 Å². The Morgan fingerprint density at radius 2 is 2.00 bits per heavy atom. The molecule has 7 heteroatoms. The lowest BCUT2D eigenvalue weighted by Crippen LogP contribution is -2.45. The van der Waals surface area contributed by atoms with E-state index in [1.807, 2.05) is 32.0 Å². The third-order valence-corrected chi connectivity index (χ3v) is 5.70. The quantitative estimate of drug-likeness (QED) is 0.822. The van der Waals surface area contributed by atoms with Gasteiger partial charge in [-0.05, 0) is 38.7 Å². The number of aryl methyl sites for hydroxylation is 2. The van der Waals surface area contributed by atoms with Crippen molar-refractivity contribution in [3.8, 4) is 0 Å². The predicted octanol–water partition coefficient (Wildman–Crippen LogP) is 2.33. The van der Waals surface area contributed by atoms with E-state index in [1.165, 1.54) is 12.8 Å². The molecule has 2 aliphatic rings. The Morgan fingerprint density at radius 3 is 2.62 bits per heavy atom. The lowest BCUT2D eigenvalue weighted by Gasteiger charge is -2.36. The zero-order valence-electron chi connectivity index (χ0n) is 15.8. The van der Waals surface area contributed by atoms with Crippen molar-refractivity contribution in [1.82, 2.24) is 24.7 Å². The number of hydrogen-bond acceptors (Lipinski definition) is 5. The summed E-state index contributed by atoms with van der Waals surface area (Å²) in [6.45, 7) is 4.73. The van der Waals surface area contributed by atoms with Gasteiger partial charge in [-0.3, -0.25) is 14.4 Å². The van der Waals surface area contributed by atoms with Gasteiger partial charge in [0.05, 0.1) is 5.69 Å². The third-order valence-electron chi connectivity index (χ3n) is 5.70. The SMILES string of the molecule is Cc1cc(C(=O)N(C)C2CCN(Cc3cc(C4CC4)on3)CC2)nn1C. The van der Waals surface area contributed by atoms with Crippen LogP contribution in [0.3, 0.4) is 0 Å². The van der Waals surface area contributed by atoms with Gasteiger partial charge in [0, 0.05) is 57.4 Å². The zero-order valence-corrected chi connectivity index (χ0v) is 15.8. The average Bonchev–Trinajstić information content (AvgIpc) is 3.30. The first-order valence-electron chi connectivity index (χ1n) is 9.47. The monoisotopic (exact) mass is 357 g/mol. The zero-order chi connectivity index (χ0) is 18.3. The molecule has 0 N–H and O–H groups in total. The number of piperidine rings is 1. The van der Waals surface area contributed by atoms with Crippen LogP contribution in [0.1, 0.15) is 59.2 Å². The number of carbonyl (C=O) groups excluding carboxylic acids is 1. The summed E-state index contributed by atoms with van der Waals surface area (Å²) in [7, 11) is 3.76. The summed E-state index contributed by atoms with van der Waals surface area (Å²) in [4.78, 5) is 16.9. The molecule has 2 aromatic heterocycles. The molecule has 1 amide bonds. The van der Waals surface area contributed by atoms with Crippen LogP contribution in [0, 0.1) is 6.92 Å². The van der Waals surface area contributed by atoms with Crippen LogP contribution < -0.4 is 0 Å². The van der Waals surface area contributed by atoms with E-state index in [4.69, 9.17) is 4.52 Å². The Bertz CT molecular complexity index is 764. The van der Waals surface area contributed by atoms with Gasteiger partial charge in [-0.25, -0.2) is 0 Å². The standard InChI is InChI=1S/C19H27N5O2/c1-13-10-17(20-23(13)3)19(25)22(2)16-6-8-24(9-7-16)12-15-11-18(26-21-15)14-4-5-14/h10-11,14,16H,4-9,12H2,1-3H3. The van der Waals surface area contributed by atoms with E-state index in [9.17, 15) is 4.79 Å². The topological polar surface area (TPSA) is 67.4 Å². The minimum atomic E-state index is 0.0118. The van der Waals surface area contributed by atoms with Crippen molar-refractivity contribution in [3.05, 3.63) is 35.0 Å². The summed E-state index contributed by atoms with van der Waals surface area (Å²) in [5.74, 6) is 1.67. The molecule has 0 bridgehead atoms. The summed E-state index contributed by atoms with van der Waals surface area (Å²) >= 11 is 0. The van der Waals surface area contributed by atoms with E-state index < -0.39 is 0 Å². The lowest BCUT2D eigenvalue weighted by molar-refractivity contribution is 0.0628. The highest BCUT2D eigenvalue weighted by molar-refractivity contribution is 5.92. The first-order chi connectivity index (χ1) is 12.5. The molecule has 0 aromatic carbocycles. The summed E-state index contributed by atoms with van der Waals surface area (Å²) in [5, 5.41) is 8.53. The van der Waals surface area contributed by atoms with Crippen LogP contribution in [0.25, 0.3) is 0 Å². The number of likely N-dealkylation sites (tertiary alicyclic amines) is 1. The summed E-state index contributed by atoms with van der Waals surface area (Å²) < 4.78 is 7.19. The molecule has 7 nitrogen and oxygen atoms in total. The molecule has 4 rings (SSSR count). The van der Waals surface area contributed by atoms with Gasteiger partial charge in [0.25, 0.3) is 5.91 Å². The van der Waals surface area contributed by atoms with Gasteiger partial charge in [0.15, 0.2) is 5.69 Å². The second-order valence-electron chi connectivity index (χ2n) is 7.71. The highest BCUT2D eigenvalue weighted by Gasteiger charge is 2.30. The van der Waals surface area contributed by atoms with Gasteiger partial charge in [0.1, 0.15) is 5.76 Å². The maximum absolute atomic E-state index is 12.7. The molecular weight excluding hydrogens is 330 g/mol. The summed E-state index contributed by atoms with van der Waals surface area (Å²) in [6.07, 6.45) is 4.41. The molecule has 1 saturated heterocycles. The van der Waals surface area contributed by atoms with E-state index in [0.29, 0.717) is 11.6 Å². The smallest absolute Gasteiger partial charge is 0.274 e. The third kappa shape index (κ3) is 3.53. The van der Waals surface area contributed by atoms with Crippen molar-refractivity contribution < 1.29 is 9.32 Å². The van der Waals surface area contributed by atoms with Crippen molar-refractivity contribution in [2.45, 2.75) is 51.1 Å². The van der Waals surface area contributed by atoms with E-state index in [1.54, 1.807) is 4.68 Å². The first-order valence-corrected chi connectivity index (χ1v) is 9.47. The predicted molar refractivity (Wildman–Crippen MR) is 96.8 cm³/mol. The minimum Gasteiger partial charge on any atom is -0.361 e. The maximum Gasteiger partial charge on any atom is 0.274 e. The van der Waals surface area contributed by atoms with Crippen LogP contribution in [0.2, 0.25) is 0 Å². The van der Waals surface area contributed by atoms with Crippen LogP contribution >= 0.6 is 0 Å². The average molecular weight is 357 g/mol. The lowest BCUT2D eigenvalue weighted by atomic mass is 10.0. The number of rotatable bonds is 5. The van der Waals surface area contributed by atoms with Crippen molar-refractivity contribution >= 4 is 5.91 Å². The highest BCUT2D eigenvalue weighted by Crippen LogP contribution is 2.40. The van der Waals surface area contributed by atoms with Crippen LogP contribution in [0.15, 0.2) is 16.7 Å². The van der Waals surface area contributed by atoms with Crippen molar-refractivity contribution in [3.63, 3.8) is 0 Å². The van der Waals surface area contributed by atoms with Crippen molar-refractivity contribution in [1.29, 1.82) is 0 Å².